The molecule has 3 N–H and O–H groups in total. The molecule has 0 saturated carbocycles. The number of oxime groups is 1. The van der Waals surface area contributed by atoms with Crippen LogP contribution in [0.2, 0.25) is 0 Å². The summed E-state index contributed by atoms with van der Waals surface area (Å²) in [6.45, 7) is 2.96. The molecule has 1 fully saturated rings. The number of nitrogens with two attached hydrogens (primary N) is 1. The first kappa shape index (κ1) is 36.5. The van der Waals surface area contributed by atoms with E-state index in [0.29, 0.717) is 16.9 Å². The third kappa shape index (κ3) is 8.26. The molecule has 3 heterocycles. The number of non-ortho nitro benzene ring substituents is 1. The second-order valence-corrected chi connectivity index (χ2v) is 13.4. The molecule has 53 heavy (non-hydrogen) atoms. The highest BCUT2D eigenvalue weighted by atomic mass is 32.2. The monoisotopic (exact) mass is 754 g/mol. The van der Waals surface area contributed by atoms with Crippen molar-refractivity contribution in [2.45, 2.75) is 24.1 Å². The molecule has 17 heteroatoms. The van der Waals surface area contributed by atoms with Crippen molar-refractivity contribution in [3.63, 3.8) is 0 Å². The molecule has 1 saturated heterocycles. The van der Waals surface area contributed by atoms with Gasteiger partial charge < -0.3 is 25.4 Å². The molecular weight excluding hydrogens is 725 g/mol. The van der Waals surface area contributed by atoms with Crippen LogP contribution >= 0.6 is 23.1 Å². The summed E-state index contributed by atoms with van der Waals surface area (Å²) in [5, 5.41) is 18.2. The molecule has 2 amide bonds. The van der Waals surface area contributed by atoms with Crippen molar-refractivity contribution in [2.24, 2.45) is 5.16 Å². The number of benzene rings is 3. The van der Waals surface area contributed by atoms with Crippen LogP contribution in [0.3, 0.4) is 0 Å². The molecule has 2 aliphatic rings. The first-order valence-corrected chi connectivity index (χ1v) is 17.8. The van der Waals surface area contributed by atoms with E-state index in [1.54, 1.807) is 0 Å². The highest BCUT2D eigenvalue weighted by Crippen LogP contribution is 2.42. The molecule has 2 aliphatic heterocycles. The van der Waals surface area contributed by atoms with Crippen LogP contribution in [0, 0.1) is 10.1 Å². The van der Waals surface area contributed by atoms with Crippen LogP contribution in [0.15, 0.2) is 119 Å². The van der Waals surface area contributed by atoms with Crippen LogP contribution in [0.4, 0.5) is 10.8 Å². The fraction of sp³-hybridized carbons (Fsp3) is 0.167. The molecule has 6 rings (SSSR count). The average Bonchev–Trinajstić information content (AvgIpc) is 3.62. The number of amides is 2. The summed E-state index contributed by atoms with van der Waals surface area (Å²) in [5.74, 6) is -2.66. The Morgan fingerprint density at radius 3 is 2.32 bits per heavy atom. The van der Waals surface area contributed by atoms with E-state index in [-0.39, 0.29) is 34.5 Å². The van der Waals surface area contributed by atoms with E-state index in [1.807, 2.05) is 60.7 Å². The summed E-state index contributed by atoms with van der Waals surface area (Å²) in [6, 6.07) is 22.8. The van der Waals surface area contributed by atoms with Crippen LogP contribution in [0.25, 0.3) is 0 Å². The summed E-state index contributed by atoms with van der Waals surface area (Å²) in [5.41, 5.74) is 7.88. The number of hydrogen-bond acceptors (Lipinski definition) is 14. The van der Waals surface area contributed by atoms with Crippen molar-refractivity contribution in [1.82, 2.24) is 15.2 Å². The molecule has 1 aromatic heterocycles. The first-order chi connectivity index (χ1) is 25.6. The first-order valence-electron chi connectivity index (χ1n) is 15.9. The topological polar surface area (TPSA) is 206 Å². The van der Waals surface area contributed by atoms with Gasteiger partial charge in [-0.3, -0.25) is 24.6 Å². The minimum absolute atomic E-state index is 0.0350. The number of anilines is 1. The zero-order valence-corrected chi connectivity index (χ0v) is 29.3. The van der Waals surface area contributed by atoms with Crippen molar-refractivity contribution in [3.8, 4) is 0 Å². The van der Waals surface area contributed by atoms with Crippen LogP contribution in [0.1, 0.15) is 28.5 Å². The minimum atomic E-state index is -1.06. The number of fused-ring (bicyclic) bond motifs is 1. The fourth-order valence-corrected chi connectivity index (χ4v) is 7.30. The molecule has 2 atom stereocenters. The van der Waals surface area contributed by atoms with Crippen LogP contribution in [-0.2, 0) is 40.1 Å². The number of esters is 2. The van der Waals surface area contributed by atoms with Gasteiger partial charge >= 0.3 is 11.9 Å². The van der Waals surface area contributed by atoms with Crippen molar-refractivity contribution in [1.29, 1.82) is 0 Å². The molecule has 0 unspecified atom stereocenters. The van der Waals surface area contributed by atoms with Gasteiger partial charge in [0.05, 0.1) is 4.92 Å². The average molecular weight is 755 g/mol. The van der Waals surface area contributed by atoms with Gasteiger partial charge in [0.1, 0.15) is 29.4 Å². The Labute approximate surface area is 310 Å². The zero-order chi connectivity index (χ0) is 37.5. The standard InChI is InChI=1S/C36H30N6O9S2/c1-2-22-19-52-34-29(33(45)41(34)30(22)35(46)51-31(23-9-5-3-6-10-23)24-11-7-4-8-12-24)39-32(44)28(26-20-53-36(37)38-26)40-50-18-27(43)49-17-21-13-15-25(16-14-21)42(47)48/h2-16,20,29,31,34H,1,17-19H2,(H2,37,38)(H,39,44)/b40-28+/t29-,34-/m1/s1. The number of hydrogen-bond donors (Lipinski definition) is 2. The van der Waals surface area contributed by atoms with Gasteiger partial charge in [-0.25, -0.2) is 14.6 Å². The number of β-lactam (4-membered cyclic amide) rings is 1. The van der Waals surface area contributed by atoms with E-state index in [4.69, 9.17) is 20.0 Å². The van der Waals surface area contributed by atoms with Crippen molar-refractivity contribution in [2.75, 3.05) is 18.1 Å². The number of aromatic nitrogens is 1. The van der Waals surface area contributed by atoms with E-state index in [1.165, 1.54) is 52.4 Å². The van der Waals surface area contributed by atoms with Crippen LogP contribution in [0.5, 0.6) is 0 Å². The summed E-state index contributed by atoms with van der Waals surface area (Å²) in [7, 11) is 0. The molecule has 270 valence electrons. The predicted molar refractivity (Wildman–Crippen MR) is 195 cm³/mol. The van der Waals surface area contributed by atoms with E-state index >= 15 is 0 Å². The summed E-state index contributed by atoms with van der Waals surface area (Å²) in [6.07, 6.45) is 0.748. The smallest absolute Gasteiger partial charge is 0.356 e. The largest absolute Gasteiger partial charge is 0.458 e. The number of rotatable bonds is 14. The van der Waals surface area contributed by atoms with Crippen molar-refractivity contribution in [3.05, 3.63) is 147 Å². The molecule has 0 radical (unpaired) electrons. The van der Waals surface area contributed by atoms with Gasteiger partial charge in [-0.2, -0.15) is 0 Å². The zero-order valence-electron chi connectivity index (χ0n) is 27.7. The van der Waals surface area contributed by atoms with E-state index in [0.717, 1.165) is 22.5 Å². The van der Waals surface area contributed by atoms with E-state index in [2.05, 4.69) is 22.0 Å². The number of ether oxygens (including phenoxy) is 2. The Hall–Kier alpha value is -6.33. The third-order valence-corrected chi connectivity index (χ3v) is 9.99. The van der Waals surface area contributed by atoms with Gasteiger partial charge in [0.15, 0.2) is 16.9 Å². The molecule has 0 aliphatic carbocycles. The summed E-state index contributed by atoms with van der Waals surface area (Å²) < 4.78 is 11.2. The Bertz CT molecular complexity index is 2070. The van der Waals surface area contributed by atoms with Gasteiger partial charge in [-0.05, 0) is 34.4 Å². The lowest BCUT2D eigenvalue weighted by atomic mass is 10.0. The highest BCUT2D eigenvalue weighted by molar-refractivity contribution is 8.00. The Morgan fingerprint density at radius 1 is 1.08 bits per heavy atom. The number of nitrogens with one attached hydrogen (secondary N) is 1. The number of allylic oxidation sites excluding steroid dienone is 1. The van der Waals surface area contributed by atoms with Gasteiger partial charge in [-0.1, -0.05) is 78.5 Å². The molecule has 4 aromatic rings. The van der Waals surface area contributed by atoms with Gasteiger partial charge in [-0.15, -0.1) is 23.1 Å². The van der Waals surface area contributed by atoms with Crippen LogP contribution in [-0.4, -0.2) is 68.0 Å². The SMILES string of the molecule is C=CC1=C(C(=O)OC(c2ccccc2)c2ccccc2)N2C(=O)[C@@H](NC(=O)/C(=N/OCC(=O)OCc3ccc([N+](=O)[O-])cc3)c3csc(N)n3)[C@H]2SC1. The molecule has 15 nitrogen and oxygen atoms in total. The molecule has 3 aromatic carbocycles. The summed E-state index contributed by atoms with van der Waals surface area (Å²) >= 11 is 2.36. The number of carbonyl (C=O) groups is 4. The van der Waals surface area contributed by atoms with Gasteiger partial charge in [0, 0.05) is 23.3 Å². The van der Waals surface area contributed by atoms with Crippen molar-refractivity contribution < 1.29 is 38.4 Å². The Morgan fingerprint density at radius 2 is 1.74 bits per heavy atom. The normalized spacial score (nSPS) is 16.7. The van der Waals surface area contributed by atoms with Crippen LogP contribution < -0.4 is 11.1 Å². The number of thiazole rings is 1. The number of nitro benzene ring substituents is 1. The van der Waals surface area contributed by atoms with Crippen molar-refractivity contribution >= 4 is 63.4 Å². The lowest BCUT2D eigenvalue weighted by Crippen LogP contribution is -2.71. The molecule has 0 spiro atoms. The maximum atomic E-state index is 13.9. The maximum Gasteiger partial charge on any atom is 0.356 e. The number of nitro groups is 1. The number of nitrogen functional groups attached to an aromatic ring is 1. The summed E-state index contributed by atoms with van der Waals surface area (Å²) in [4.78, 5) is 74.3. The predicted octanol–water partition coefficient (Wildman–Crippen LogP) is 4.27. The fourth-order valence-electron chi connectivity index (χ4n) is 5.42. The second-order valence-electron chi connectivity index (χ2n) is 11.4. The van der Waals surface area contributed by atoms with E-state index in [9.17, 15) is 29.3 Å². The number of thioether (sulfide) groups is 1. The molecular formula is C36H30N6O9S2. The number of carbonyl (C=O) groups excluding carboxylic acids is 4. The molecule has 0 bridgehead atoms. The minimum Gasteiger partial charge on any atom is -0.458 e. The Balaban J connectivity index is 1.13. The quantitative estimate of drug-likeness (QED) is 0.0609. The third-order valence-electron chi connectivity index (χ3n) is 8.02. The Kier molecular flexibility index (Phi) is 11.2. The lowest BCUT2D eigenvalue weighted by molar-refractivity contribution is -0.384. The van der Waals surface area contributed by atoms with Gasteiger partial charge in [0.2, 0.25) is 6.61 Å². The highest BCUT2D eigenvalue weighted by Gasteiger charge is 2.54. The maximum absolute atomic E-state index is 13.9. The number of nitrogens with zero attached hydrogens (tertiary/aromatic N) is 4. The van der Waals surface area contributed by atoms with Gasteiger partial charge in [0.25, 0.3) is 17.5 Å². The lowest BCUT2D eigenvalue weighted by Gasteiger charge is -2.49. The second kappa shape index (κ2) is 16.3. The van der Waals surface area contributed by atoms with E-state index < -0.39 is 52.8 Å².